The summed E-state index contributed by atoms with van der Waals surface area (Å²) in [5.74, 6) is 1.23. The fourth-order valence-electron chi connectivity index (χ4n) is 2.44. The SMILES string of the molecule is COc1cc(OC)cc(C(=O)Nc2ccn(Cc3ccccc3Cl)n2)c1. The molecule has 0 atom stereocenters. The maximum Gasteiger partial charge on any atom is 0.257 e. The molecular formula is C19H18ClN3O3. The Morgan fingerprint density at radius 1 is 1.12 bits per heavy atom. The number of halogens is 1. The van der Waals surface area contributed by atoms with Crippen LogP contribution < -0.4 is 14.8 Å². The van der Waals surface area contributed by atoms with E-state index < -0.39 is 0 Å². The van der Waals surface area contributed by atoms with Crippen LogP contribution in [0, 0.1) is 0 Å². The lowest BCUT2D eigenvalue weighted by molar-refractivity contribution is 0.102. The lowest BCUT2D eigenvalue weighted by atomic mass is 10.2. The first-order chi connectivity index (χ1) is 12.6. The number of nitrogens with one attached hydrogen (secondary N) is 1. The van der Waals surface area contributed by atoms with E-state index in [1.165, 1.54) is 14.2 Å². The van der Waals surface area contributed by atoms with Crippen LogP contribution in [0.15, 0.2) is 54.7 Å². The Bertz CT molecular complexity index is 902. The number of aromatic nitrogens is 2. The van der Waals surface area contributed by atoms with Gasteiger partial charge >= 0.3 is 0 Å². The molecule has 1 heterocycles. The average molecular weight is 372 g/mol. The van der Waals surface area contributed by atoms with Crippen molar-refractivity contribution in [3.8, 4) is 11.5 Å². The highest BCUT2D eigenvalue weighted by atomic mass is 35.5. The number of benzene rings is 2. The van der Waals surface area contributed by atoms with Crippen LogP contribution in [0.25, 0.3) is 0 Å². The number of hydrogen-bond donors (Lipinski definition) is 1. The lowest BCUT2D eigenvalue weighted by Gasteiger charge is -2.08. The van der Waals surface area contributed by atoms with E-state index in [0.717, 1.165) is 5.56 Å². The molecule has 0 aliphatic rings. The van der Waals surface area contributed by atoms with E-state index in [1.54, 1.807) is 35.1 Å². The van der Waals surface area contributed by atoms with Crippen molar-refractivity contribution in [2.75, 3.05) is 19.5 Å². The minimum absolute atomic E-state index is 0.301. The Labute approximate surface area is 156 Å². The van der Waals surface area contributed by atoms with Gasteiger partial charge in [0.1, 0.15) is 11.5 Å². The van der Waals surface area contributed by atoms with E-state index in [4.69, 9.17) is 21.1 Å². The van der Waals surface area contributed by atoms with Gasteiger partial charge in [0.25, 0.3) is 5.91 Å². The molecule has 7 heteroatoms. The van der Waals surface area contributed by atoms with Crippen LogP contribution in [0.1, 0.15) is 15.9 Å². The smallest absolute Gasteiger partial charge is 0.257 e. The van der Waals surface area contributed by atoms with Gasteiger partial charge in [0.15, 0.2) is 5.82 Å². The van der Waals surface area contributed by atoms with Gasteiger partial charge in [-0.3, -0.25) is 9.48 Å². The van der Waals surface area contributed by atoms with E-state index in [1.807, 2.05) is 24.3 Å². The van der Waals surface area contributed by atoms with Gasteiger partial charge in [-0.05, 0) is 23.8 Å². The standard InChI is InChI=1S/C19H18ClN3O3/c1-25-15-9-14(10-16(11-15)26-2)19(24)21-18-7-8-23(22-18)12-13-5-3-4-6-17(13)20/h3-11H,12H2,1-2H3,(H,21,22,24). The van der Waals surface area contributed by atoms with Gasteiger partial charge < -0.3 is 14.8 Å². The molecule has 0 saturated carbocycles. The Kier molecular flexibility index (Phi) is 5.43. The van der Waals surface area contributed by atoms with Crippen molar-refractivity contribution >= 4 is 23.3 Å². The third-order valence-electron chi connectivity index (χ3n) is 3.79. The van der Waals surface area contributed by atoms with Crippen molar-refractivity contribution in [2.24, 2.45) is 0 Å². The quantitative estimate of drug-likeness (QED) is 0.714. The number of methoxy groups -OCH3 is 2. The summed E-state index contributed by atoms with van der Waals surface area (Å²) in [5.41, 5.74) is 1.37. The van der Waals surface area contributed by atoms with E-state index in [-0.39, 0.29) is 5.91 Å². The summed E-state index contributed by atoms with van der Waals surface area (Å²) in [6.45, 7) is 0.516. The second-order valence-corrected chi connectivity index (χ2v) is 5.95. The first kappa shape index (κ1) is 17.8. The predicted molar refractivity (Wildman–Crippen MR) is 100 cm³/mol. The molecule has 0 unspecified atom stereocenters. The molecule has 0 spiro atoms. The van der Waals surface area contributed by atoms with Crippen molar-refractivity contribution in [1.82, 2.24) is 9.78 Å². The highest BCUT2D eigenvalue weighted by Gasteiger charge is 2.12. The fourth-order valence-corrected chi connectivity index (χ4v) is 2.64. The third-order valence-corrected chi connectivity index (χ3v) is 4.15. The van der Waals surface area contributed by atoms with Crippen molar-refractivity contribution in [3.63, 3.8) is 0 Å². The molecule has 0 radical (unpaired) electrons. The van der Waals surface area contributed by atoms with Gasteiger partial charge in [0, 0.05) is 28.9 Å². The number of carbonyl (C=O) groups excluding carboxylic acids is 1. The van der Waals surface area contributed by atoms with Crippen LogP contribution in [0.3, 0.4) is 0 Å². The molecule has 1 N–H and O–H groups in total. The predicted octanol–water partition coefficient (Wildman–Crippen LogP) is 3.85. The Hall–Kier alpha value is -2.99. The molecule has 6 nitrogen and oxygen atoms in total. The first-order valence-corrected chi connectivity index (χ1v) is 8.28. The summed E-state index contributed by atoms with van der Waals surface area (Å²) in [5, 5.41) is 7.81. The number of rotatable bonds is 6. The Morgan fingerprint density at radius 3 is 2.46 bits per heavy atom. The monoisotopic (exact) mass is 371 g/mol. The summed E-state index contributed by atoms with van der Waals surface area (Å²) in [6, 6.07) is 14.3. The largest absolute Gasteiger partial charge is 0.497 e. The van der Waals surface area contributed by atoms with Gasteiger partial charge in [0.2, 0.25) is 0 Å². The van der Waals surface area contributed by atoms with Gasteiger partial charge in [-0.25, -0.2) is 0 Å². The molecule has 0 aliphatic carbocycles. The van der Waals surface area contributed by atoms with Crippen LogP contribution in [0.4, 0.5) is 5.82 Å². The zero-order chi connectivity index (χ0) is 18.5. The van der Waals surface area contributed by atoms with Crippen molar-refractivity contribution in [2.45, 2.75) is 6.54 Å². The molecular weight excluding hydrogens is 354 g/mol. The van der Waals surface area contributed by atoms with E-state index >= 15 is 0 Å². The second-order valence-electron chi connectivity index (χ2n) is 5.55. The van der Waals surface area contributed by atoms with Crippen LogP contribution in [0.2, 0.25) is 5.02 Å². The van der Waals surface area contributed by atoms with Crippen molar-refractivity contribution < 1.29 is 14.3 Å². The van der Waals surface area contributed by atoms with Crippen molar-refractivity contribution in [3.05, 3.63) is 70.9 Å². The zero-order valence-electron chi connectivity index (χ0n) is 14.4. The van der Waals surface area contributed by atoms with Gasteiger partial charge in [0.05, 0.1) is 20.8 Å². The molecule has 1 amide bonds. The Morgan fingerprint density at radius 2 is 1.81 bits per heavy atom. The molecule has 0 saturated heterocycles. The first-order valence-electron chi connectivity index (χ1n) is 7.90. The third kappa shape index (κ3) is 4.15. The Balaban J connectivity index is 1.73. The van der Waals surface area contributed by atoms with Gasteiger partial charge in [-0.1, -0.05) is 29.8 Å². The number of anilines is 1. The number of ether oxygens (including phenoxy) is 2. The fraction of sp³-hybridized carbons (Fsp3) is 0.158. The van der Waals surface area contributed by atoms with E-state index in [0.29, 0.717) is 34.4 Å². The van der Waals surface area contributed by atoms with Crippen LogP contribution in [-0.4, -0.2) is 29.9 Å². The summed E-state index contributed by atoms with van der Waals surface area (Å²) in [4.78, 5) is 12.5. The van der Waals surface area contributed by atoms with Gasteiger partial charge in [-0.2, -0.15) is 5.10 Å². The molecule has 0 bridgehead atoms. The van der Waals surface area contributed by atoms with Crippen LogP contribution in [0.5, 0.6) is 11.5 Å². The molecule has 3 aromatic rings. The lowest BCUT2D eigenvalue weighted by Crippen LogP contribution is -2.13. The maximum absolute atomic E-state index is 12.5. The molecule has 3 rings (SSSR count). The molecule has 0 aliphatic heterocycles. The summed E-state index contributed by atoms with van der Waals surface area (Å²) < 4.78 is 12.1. The molecule has 1 aromatic heterocycles. The number of carbonyl (C=O) groups is 1. The maximum atomic E-state index is 12.5. The highest BCUT2D eigenvalue weighted by molar-refractivity contribution is 6.31. The normalized spacial score (nSPS) is 10.4. The molecule has 134 valence electrons. The van der Waals surface area contributed by atoms with Gasteiger partial charge in [-0.15, -0.1) is 0 Å². The minimum Gasteiger partial charge on any atom is -0.497 e. The second kappa shape index (κ2) is 7.93. The van der Waals surface area contributed by atoms with Crippen LogP contribution in [-0.2, 0) is 6.54 Å². The van der Waals surface area contributed by atoms with Crippen molar-refractivity contribution in [1.29, 1.82) is 0 Å². The highest BCUT2D eigenvalue weighted by Crippen LogP contribution is 2.23. The molecule has 26 heavy (non-hydrogen) atoms. The molecule has 2 aromatic carbocycles. The number of amides is 1. The topological polar surface area (TPSA) is 65.4 Å². The number of hydrogen-bond acceptors (Lipinski definition) is 4. The average Bonchev–Trinajstić information content (AvgIpc) is 3.10. The van der Waals surface area contributed by atoms with E-state index in [2.05, 4.69) is 10.4 Å². The van der Waals surface area contributed by atoms with E-state index in [9.17, 15) is 4.79 Å². The summed E-state index contributed by atoms with van der Waals surface area (Å²) in [6.07, 6.45) is 1.78. The number of nitrogens with zero attached hydrogens (tertiary/aromatic N) is 2. The summed E-state index contributed by atoms with van der Waals surface area (Å²) >= 11 is 6.17. The minimum atomic E-state index is -0.301. The zero-order valence-corrected chi connectivity index (χ0v) is 15.2. The van der Waals surface area contributed by atoms with Crippen LogP contribution >= 0.6 is 11.6 Å². The molecule has 0 fully saturated rings. The summed E-state index contributed by atoms with van der Waals surface area (Å²) in [7, 11) is 3.07.